The maximum atomic E-state index is 12.8. The van der Waals surface area contributed by atoms with Gasteiger partial charge in [0, 0.05) is 36.5 Å². The fourth-order valence-electron chi connectivity index (χ4n) is 4.47. The predicted octanol–water partition coefficient (Wildman–Crippen LogP) is 4.38. The zero-order valence-corrected chi connectivity index (χ0v) is 19.5. The summed E-state index contributed by atoms with van der Waals surface area (Å²) >= 11 is 0. The van der Waals surface area contributed by atoms with Gasteiger partial charge in [0.15, 0.2) is 11.5 Å². The number of anilines is 1. The first-order valence-electron chi connectivity index (χ1n) is 11.7. The molecule has 1 aliphatic carbocycles. The summed E-state index contributed by atoms with van der Waals surface area (Å²) in [7, 11) is 3.23. The van der Waals surface area contributed by atoms with E-state index in [0.717, 1.165) is 42.3 Å². The van der Waals surface area contributed by atoms with E-state index in [1.54, 1.807) is 26.7 Å². The minimum atomic E-state index is -0.119. The molecule has 178 valence electrons. The van der Waals surface area contributed by atoms with Gasteiger partial charge in [-0.2, -0.15) is 0 Å². The number of carbonyl (C=O) groups is 1. The quantitative estimate of drug-likeness (QED) is 0.579. The number of hydrogen-bond acceptors (Lipinski definition) is 7. The van der Waals surface area contributed by atoms with Crippen LogP contribution in [0.4, 0.5) is 10.5 Å². The van der Waals surface area contributed by atoms with Crippen LogP contribution < -0.4 is 19.5 Å². The van der Waals surface area contributed by atoms with E-state index < -0.39 is 0 Å². The molecule has 2 fully saturated rings. The fraction of sp³-hybridized carbons (Fsp3) is 0.440. The number of pyridine rings is 1. The van der Waals surface area contributed by atoms with Crippen LogP contribution in [0.3, 0.4) is 0 Å². The highest BCUT2D eigenvalue weighted by molar-refractivity contribution is 5.89. The molecule has 3 heterocycles. The summed E-state index contributed by atoms with van der Waals surface area (Å²) in [6.45, 7) is 1.29. The smallest absolute Gasteiger partial charge is 0.321 e. The SMILES string of the molecule is COc1cc2ncnc(C3CCN(C(=O)Nc4ccc(OC5CCC5)nc4)CC3)c2cc1OC. The third kappa shape index (κ3) is 4.55. The molecular formula is C25H29N5O4. The molecule has 0 atom stereocenters. The second-order valence-electron chi connectivity index (χ2n) is 8.73. The molecule has 3 aromatic rings. The van der Waals surface area contributed by atoms with Gasteiger partial charge in [0.05, 0.1) is 37.3 Å². The van der Waals surface area contributed by atoms with Gasteiger partial charge < -0.3 is 24.4 Å². The molecule has 34 heavy (non-hydrogen) atoms. The number of piperidine rings is 1. The van der Waals surface area contributed by atoms with Gasteiger partial charge in [0.2, 0.25) is 5.88 Å². The van der Waals surface area contributed by atoms with Gasteiger partial charge in [-0.3, -0.25) is 0 Å². The minimum absolute atomic E-state index is 0.119. The number of nitrogens with one attached hydrogen (secondary N) is 1. The topological polar surface area (TPSA) is 98.7 Å². The Morgan fingerprint density at radius 1 is 1.00 bits per heavy atom. The van der Waals surface area contributed by atoms with Crippen molar-refractivity contribution in [2.24, 2.45) is 0 Å². The van der Waals surface area contributed by atoms with E-state index in [2.05, 4.69) is 20.3 Å². The number of urea groups is 1. The van der Waals surface area contributed by atoms with E-state index in [0.29, 0.717) is 36.2 Å². The molecular weight excluding hydrogens is 434 g/mol. The summed E-state index contributed by atoms with van der Waals surface area (Å²) < 4.78 is 16.7. The van der Waals surface area contributed by atoms with Crippen LogP contribution in [0.5, 0.6) is 17.4 Å². The summed E-state index contributed by atoms with van der Waals surface area (Å²) in [6.07, 6.45) is 8.54. The summed E-state index contributed by atoms with van der Waals surface area (Å²) in [5.41, 5.74) is 2.47. The third-order valence-corrected chi connectivity index (χ3v) is 6.67. The fourth-order valence-corrected chi connectivity index (χ4v) is 4.47. The van der Waals surface area contributed by atoms with E-state index in [4.69, 9.17) is 14.2 Å². The average molecular weight is 464 g/mol. The number of hydrogen-bond donors (Lipinski definition) is 1. The number of amides is 2. The third-order valence-electron chi connectivity index (χ3n) is 6.67. The van der Waals surface area contributed by atoms with Crippen LogP contribution in [0.2, 0.25) is 0 Å². The highest BCUT2D eigenvalue weighted by Gasteiger charge is 2.27. The average Bonchev–Trinajstić information content (AvgIpc) is 2.86. The summed E-state index contributed by atoms with van der Waals surface area (Å²) in [5, 5.41) is 3.90. The first kappa shape index (κ1) is 22.2. The lowest BCUT2D eigenvalue weighted by molar-refractivity contribution is 0.114. The van der Waals surface area contributed by atoms with Crippen molar-refractivity contribution >= 4 is 22.6 Å². The Kier molecular flexibility index (Phi) is 6.33. The normalized spacial score (nSPS) is 16.7. The lowest BCUT2D eigenvalue weighted by atomic mass is 9.91. The van der Waals surface area contributed by atoms with Crippen molar-refractivity contribution in [3.63, 3.8) is 0 Å². The number of rotatable bonds is 6. The summed E-state index contributed by atoms with van der Waals surface area (Å²) in [6, 6.07) is 7.34. The lowest BCUT2D eigenvalue weighted by Gasteiger charge is -2.32. The largest absolute Gasteiger partial charge is 0.493 e. The molecule has 5 rings (SSSR count). The van der Waals surface area contributed by atoms with Crippen molar-refractivity contribution in [3.8, 4) is 17.4 Å². The van der Waals surface area contributed by atoms with Crippen molar-refractivity contribution in [1.82, 2.24) is 19.9 Å². The van der Waals surface area contributed by atoms with Crippen molar-refractivity contribution in [2.45, 2.75) is 44.1 Å². The number of aromatic nitrogens is 3. The number of methoxy groups -OCH3 is 2. The Labute approximate surface area is 198 Å². The van der Waals surface area contributed by atoms with Crippen molar-refractivity contribution in [1.29, 1.82) is 0 Å². The van der Waals surface area contributed by atoms with Gasteiger partial charge in [-0.05, 0) is 44.2 Å². The molecule has 9 heteroatoms. The molecule has 1 saturated heterocycles. The first-order chi connectivity index (χ1) is 16.6. The highest BCUT2D eigenvalue weighted by Crippen LogP contribution is 2.36. The van der Waals surface area contributed by atoms with Crippen LogP contribution in [0.25, 0.3) is 10.9 Å². The van der Waals surface area contributed by atoms with Gasteiger partial charge in [-0.15, -0.1) is 0 Å². The number of likely N-dealkylation sites (tertiary alicyclic amines) is 1. The number of carbonyl (C=O) groups excluding carboxylic acids is 1. The standard InChI is InChI=1S/C25H29N5O4/c1-32-21-12-19-20(13-22(21)33-2)27-15-28-24(19)16-8-10-30(11-9-16)25(31)29-17-6-7-23(26-14-17)34-18-4-3-5-18/h6-7,12-16,18H,3-5,8-11H2,1-2H3,(H,29,31). The van der Waals surface area contributed by atoms with Crippen LogP contribution in [-0.2, 0) is 0 Å². The molecule has 2 aliphatic rings. The number of benzene rings is 1. The molecule has 1 aromatic carbocycles. The van der Waals surface area contributed by atoms with Crippen LogP contribution in [-0.4, -0.2) is 59.3 Å². The van der Waals surface area contributed by atoms with Gasteiger partial charge in [0.1, 0.15) is 12.4 Å². The molecule has 0 unspecified atom stereocenters. The lowest BCUT2D eigenvalue weighted by Crippen LogP contribution is -2.40. The van der Waals surface area contributed by atoms with E-state index in [1.165, 1.54) is 6.42 Å². The number of nitrogens with zero attached hydrogens (tertiary/aromatic N) is 4. The second kappa shape index (κ2) is 9.70. The molecule has 2 amide bonds. The Bertz CT molecular complexity index is 1160. The van der Waals surface area contributed by atoms with Crippen LogP contribution in [0.15, 0.2) is 36.8 Å². The van der Waals surface area contributed by atoms with Crippen molar-refractivity contribution in [3.05, 3.63) is 42.5 Å². The Balaban J connectivity index is 1.21. The molecule has 2 aromatic heterocycles. The molecule has 1 aliphatic heterocycles. The maximum Gasteiger partial charge on any atom is 0.321 e. The maximum absolute atomic E-state index is 12.8. The van der Waals surface area contributed by atoms with Crippen LogP contribution in [0.1, 0.15) is 43.7 Å². The summed E-state index contributed by atoms with van der Waals surface area (Å²) in [5.74, 6) is 2.14. The Morgan fingerprint density at radius 3 is 2.41 bits per heavy atom. The van der Waals surface area contributed by atoms with Gasteiger partial charge in [0.25, 0.3) is 0 Å². The van der Waals surface area contributed by atoms with Crippen LogP contribution in [0, 0.1) is 0 Å². The molecule has 0 radical (unpaired) electrons. The second-order valence-corrected chi connectivity index (χ2v) is 8.73. The highest BCUT2D eigenvalue weighted by atomic mass is 16.5. The molecule has 9 nitrogen and oxygen atoms in total. The van der Waals surface area contributed by atoms with E-state index in [9.17, 15) is 4.79 Å². The molecule has 1 N–H and O–H groups in total. The first-order valence-corrected chi connectivity index (χ1v) is 11.7. The van der Waals surface area contributed by atoms with E-state index in [-0.39, 0.29) is 18.1 Å². The number of ether oxygens (including phenoxy) is 3. The predicted molar refractivity (Wildman–Crippen MR) is 128 cm³/mol. The van der Waals surface area contributed by atoms with Gasteiger partial charge >= 0.3 is 6.03 Å². The minimum Gasteiger partial charge on any atom is -0.493 e. The Morgan fingerprint density at radius 2 is 1.76 bits per heavy atom. The van der Waals surface area contributed by atoms with Crippen molar-refractivity contribution in [2.75, 3.05) is 32.6 Å². The van der Waals surface area contributed by atoms with E-state index in [1.807, 2.05) is 29.2 Å². The van der Waals surface area contributed by atoms with Gasteiger partial charge in [-0.25, -0.2) is 19.7 Å². The zero-order chi connectivity index (χ0) is 23.5. The summed E-state index contributed by atoms with van der Waals surface area (Å²) in [4.78, 5) is 27.9. The Hall–Kier alpha value is -3.62. The molecule has 1 saturated carbocycles. The van der Waals surface area contributed by atoms with Crippen molar-refractivity contribution < 1.29 is 19.0 Å². The van der Waals surface area contributed by atoms with Gasteiger partial charge in [-0.1, -0.05) is 0 Å². The zero-order valence-electron chi connectivity index (χ0n) is 19.5. The van der Waals surface area contributed by atoms with Crippen LogP contribution >= 0.6 is 0 Å². The monoisotopic (exact) mass is 463 g/mol. The molecule has 0 spiro atoms. The molecule has 0 bridgehead atoms. The van der Waals surface area contributed by atoms with E-state index >= 15 is 0 Å². The number of fused-ring (bicyclic) bond motifs is 1.